The number of ether oxygens (including phenoxy) is 1. The van der Waals surface area contributed by atoms with Gasteiger partial charge in [0.25, 0.3) is 0 Å². The molecule has 0 saturated heterocycles. The molecule has 18 heavy (non-hydrogen) atoms. The van der Waals surface area contributed by atoms with Crippen LogP contribution in [0.2, 0.25) is 0 Å². The van der Waals surface area contributed by atoms with Gasteiger partial charge < -0.3 is 4.74 Å². The molecule has 1 unspecified atom stereocenters. The van der Waals surface area contributed by atoms with Crippen molar-refractivity contribution in [1.29, 1.82) is 0 Å². The predicted octanol–water partition coefficient (Wildman–Crippen LogP) is 4.55. The summed E-state index contributed by atoms with van der Waals surface area (Å²) in [5.41, 5.74) is 3.07. The van der Waals surface area contributed by atoms with Crippen LogP contribution < -0.4 is 0 Å². The van der Waals surface area contributed by atoms with Crippen molar-refractivity contribution in [3.8, 4) is 0 Å². The molecular weight excluding hydrogens is 265 g/mol. The number of hydrogen-bond donors (Lipinski definition) is 0. The molecule has 0 radical (unpaired) electrons. The first-order chi connectivity index (χ1) is 8.29. The van der Waals surface area contributed by atoms with Gasteiger partial charge in [0.05, 0.1) is 5.38 Å². The van der Waals surface area contributed by atoms with Crippen LogP contribution in [0, 0.1) is 13.8 Å². The minimum absolute atomic E-state index is 0.00105. The third-order valence-corrected chi connectivity index (χ3v) is 3.01. The molecule has 0 aromatic heterocycles. The van der Waals surface area contributed by atoms with E-state index in [0.717, 1.165) is 16.7 Å². The highest BCUT2D eigenvalue weighted by atomic mass is 35.5. The fourth-order valence-corrected chi connectivity index (χ4v) is 1.95. The van der Waals surface area contributed by atoms with E-state index in [9.17, 15) is 13.2 Å². The van der Waals surface area contributed by atoms with Gasteiger partial charge in [0.2, 0.25) is 0 Å². The average Bonchev–Trinajstić information content (AvgIpc) is 2.26. The molecule has 1 rings (SSSR count). The van der Waals surface area contributed by atoms with Crippen LogP contribution in [0.4, 0.5) is 13.2 Å². The second-order valence-corrected chi connectivity index (χ2v) is 4.81. The Bertz CT molecular complexity index is 390. The number of halogens is 4. The summed E-state index contributed by atoms with van der Waals surface area (Å²) in [6, 6.07) is 5.88. The normalized spacial score (nSPS) is 13.7. The van der Waals surface area contributed by atoms with Gasteiger partial charge in [0.15, 0.2) is 0 Å². The molecule has 102 valence electrons. The molecule has 5 heteroatoms. The molecule has 0 aliphatic heterocycles. The molecule has 0 aliphatic rings. The van der Waals surface area contributed by atoms with E-state index in [1.54, 1.807) is 0 Å². The van der Waals surface area contributed by atoms with E-state index >= 15 is 0 Å². The van der Waals surface area contributed by atoms with Crippen molar-refractivity contribution in [3.05, 3.63) is 34.9 Å². The summed E-state index contributed by atoms with van der Waals surface area (Å²) in [6.45, 7) is 2.66. The molecule has 0 heterocycles. The standard InChI is InChI=1S/C13H16ClF3O/c1-9-3-4-10(2)11(7-9)12(14)5-6-18-8-13(15,16)17/h3-4,7,12H,5-6,8H2,1-2H3. The molecule has 0 fully saturated rings. The molecule has 0 N–H and O–H groups in total. The second kappa shape index (κ2) is 6.43. The van der Waals surface area contributed by atoms with Gasteiger partial charge in [-0.2, -0.15) is 13.2 Å². The molecule has 1 aromatic carbocycles. The summed E-state index contributed by atoms with van der Waals surface area (Å²) in [7, 11) is 0. The summed E-state index contributed by atoms with van der Waals surface area (Å²) < 4.78 is 40.1. The van der Waals surface area contributed by atoms with Gasteiger partial charge in [-0.05, 0) is 31.4 Å². The van der Waals surface area contributed by atoms with Gasteiger partial charge in [-0.15, -0.1) is 11.6 Å². The highest BCUT2D eigenvalue weighted by Gasteiger charge is 2.27. The molecule has 1 nitrogen and oxygen atoms in total. The molecule has 0 spiro atoms. The van der Waals surface area contributed by atoms with Gasteiger partial charge in [-0.1, -0.05) is 23.8 Å². The van der Waals surface area contributed by atoms with Crippen molar-refractivity contribution in [1.82, 2.24) is 0 Å². The SMILES string of the molecule is Cc1ccc(C)c(C(Cl)CCOCC(F)(F)F)c1. The topological polar surface area (TPSA) is 9.23 Å². The Morgan fingerprint density at radius 1 is 1.28 bits per heavy atom. The lowest BCUT2D eigenvalue weighted by Crippen LogP contribution is -2.17. The Labute approximate surface area is 110 Å². The smallest absolute Gasteiger partial charge is 0.372 e. The monoisotopic (exact) mass is 280 g/mol. The lowest BCUT2D eigenvalue weighted by Gasteiger charge is -2.14. The Kier molecular flexibility index (Phi) is 5.47. The number of rotatable bonds is 5. The summed E-state index contributed by atoms with van der Waals surface area (Å²) in [5, 5.41) is -0.321. The molecule has 0 bridgehead atoms. The van der Waals surface area contributed by atoms with Gasteiger partial charge >= 0.3 is 6.18 Å². The van der Waals surface area contributed by atoms with Gasteiger partial charge in [-0.3, -0.25) is 0 Å². The number of alkyl halides is 4. The van der Waals surface area contributed by atoms with E-state index in [-0.39, 0.29) is 12.0 Å². The van der Waals surface area contributed by atoms with Crippen LogP contribution in [0.1, 0.15) is 28.5 Å². The first-order valence-corrected chi connectivity index (χ1v) is 6.09. The lowest BCUT2D eigenvalue weighted by atomic mass is 10.0. The van der Waals surface area contributed by atoms with E-state index in [1.807, 2.05) is 32.0 Å². The van der Waals surface area contributed by atoms with E-state index in [1.165, 1.54) is 0 Å². The maximum Gasteiger partial charge on any atom is 0.411 e. The van der Waals surface area contributed by atoms with E-state index < -0.39 is 12.8 Å². The quantitative estimate of drug-likeness (QED) is 0.568. The van der Waals surface area contributed by atoms with Crippen LogP contribution in [0.25, 0.3) is 0 Å². The maximum absolute atomic E-state index is 11.9. The molecule has 0 amide bonds. The van der Waals surface area contributed by atoms with Crippen molar-refractivity contribution in [2.45, 2.75) is 31.8 Å². The van der Waals surface area contributed by atoms with Crippen molar-refractivity contribution in [2.75, 3.05) is 13.2 Å². The summed E-state index contributed by atoms with van der Waals surface area (Å²) >= 11 is 6.17. The zero-order valence-corrected chi connectivity index (χ0v) is 11.1. The highest BCUT2D eigenvalue weighted by molar-refractivity contribution is 6.20. The minimum Gasteiger partial charge on any atom is -0.372 e. The number of aryl methyl sites for hydroxylation is 2. The van der Waals surface area contributed by atoms with Crippen LogP contribution in [-0.2, 0) is 4.74 Å². The average molecular weight is 281 g/mol. The van der Waals surface area contributed by atoms with Crippen LogP contribution in [0.15, 0.2) is 18.2 Å². The summed E-state index contributed by atoms with van der Waals surface area (Å²) in [4.78, 5) is 0. The van der Waals surface area contributed by atoms with Crippen molar-refractivity contribution in [3.63, 3.8) is 0 Å². The molecule has 0 saturated carbocycles. The minimum atomic E-state index is -4.28. The lowest BCUT2D eigenvalue weighted by molar-refractivity contribution is -0.174. The Balaban J connectivity index is 2.45. The first kappa shape index (κ1) is 15.3. The molecular formula is C13H16ClF3O. The Morgan fingerprint density at radius 2 is 1.94 bits per heavy atom. The Hall–Kier alpha value is -0.740. The van der Waals surface area contributed by atoms with E-state index in [0.29, 0.717) is 6.42 Å². The molecule has 1 atom stereocenters. The zero-order chi connectivity index (χ0) is 13.8. The fraction of sp³-hybridized carbons (Fsp3) is 0.538. The predicted molar refractivity (Wildman–Crippen MR) is 66.0 cm³/mol. The van der Waals surface area contributed by atoms with Gasteiger partial charge in [0, 0.05) is 6.61 Å². The zero-order valence-electron chi connectivity index (χ0n) is 10.4. The van der Waals surface area contributed by atoms with Crippen LogP contribution >= 0.6 is 11.6 Å². The number of hydrogen-bond acceptors (Lipinski definition) is 1. The van der Waals surface area contributed by atoms with E-state index in [2.05, 4.69) is 4.74 Å². The highest BCUT2D eigenvalue weighted by Crippen LogP contribution is 2.28. The third-order valence-electron chi connectivity index (χ3n) is 2.55. The van der Waals surface area contributed by atoms with Crippen LogP contribution in [0.3, 0.4) is 0 Å². The first-order valence-electron chi connectivity index (χ1n) is 5.65. The van der Waals surface area contributed by atoms with Crippen molar-refractivity contribution in [2.24, 2.45) is 0 Å². The molecule has 1 aromatic rings. The maximum atomic E-state index is 11.9. The van der Waals surface area contributed by atoms with E-state index in [4.69, 9.17) is 11.6 Å². The van der Waals surface area contributed by atoms with Crippen LogP contribution in [-0.4, -0.2) is 19.4 Å². The van der Waals surface area contributed by atoms with Gasteiger partial charge in [-0.25, -0.2) is 0 Å². The summed E-state index contributed by atoms with van der Waals surface area (Å²) in [6.07, 6.45) is -3.91. The second-order valence-electron chi connectivity index (χ2n) is 4.28. The van der Waals surface area contributed by atoms with Gasteiger partial charge in [0.1, 0.15) is 6.61 Å². The Morgan fingerprint density at radius 3 is 2.56 bits per heavy atom. The third kappa shape index (κ3) is 5.27. The van der Waals surface area contributed by atoms with Crippen molar-refractivity contribution < 1.29 is 17.9 Å². The fourth-order valence-electron chi connectivity index (χ4n) is 1.63. The summed E-state index contributed by atoms with van der Waals surface area (Å²) in [5.74, 6) is 0. The molecule has 0 aliphatic carbocycles. The largest absolute Gasteiger partial charge is 0.411 e. The van der Waals surface area contributed by atoms with Crippen LogP contribution in [0.5, 0.6) is 0 Å². The number of benzene rings is 1. The van der Waals surface area contributed by atoms with Crippen molar-refractivity contribution >= 4 is 11.6 Å².